The van der Waals surface area contributed by atoms with E-state index in [2.05, 4.69) is 19.9 Å². The van der Waals surface area contributed by atoms with Gasteiger partial charge in [-0.1, -0.05) is 19.9 Å². The summed E-state index contributed by atoms with van der Waals surface area (Å²) in [6.45, 7) is 14.8. The summed E-state index contributed by atoms with van der Waals surface area (Å²) in [7, 11) is 0. The fourth-order valence-corrected chi connectivity index (χ4v) is 8.79. The van der Waals surface area contributed by atoms with Crippen LogP contribution in [0.1, 0.15) is 87.5 Å². The number of hydrogen-bond donors (Lipinski definition) is 0. The van der Waals surface area contributed by atoms with Crippen molar-refractivity contribution in [3.05, 3.63) is 23.0 Å². The fourth-order valence-electron chi connectivity index (χ4n) is 8.79. The molecule has 2 saturated heterocycles. The van der Waals surface area contributed by atoms with E-state index in [-0.39, 0.29) is 36.4 Å². The van der Waals surface area contributed by atoms with Crippen molar-refractivity contribution in [3.8, 4) is 0 Å². The Balaban J connectivity index is 1.66. The van der Waals surface area contributed by atoms with Crippen molar-refractivity contribution in [2.24, 2.45) is 22.7 Å². The second-order valence-corrected chi connectivity index (χ2v) is 12.8. The zero-order valence-corrected chi connectivity index (χ0v) is 23.1. The number of ether oxygens (including phenoxy) is 4. The highest BCUT2D eigenvalue weighted by Crippen LogP contribution is 2.70. The minimum Gasteiger partial charge on any atom is -0.471 e. The molecule has 8 nitrogen and oxygen atoms in total. The first kappa shape index (κ1) is 26.0. The van der Waals surface area contributed by atoms with Crippen molar-refractivity contribution < 1.29 is 38.1 Å². The molecule has 3 heterocycles. The van der Waals surface area contributed by atoms with E-state index in [0.29, 0.717) is 30.6 Å². The zero-order valence-electron chi connectivity index (χ0n) is 23.1. The number of fused-ring (bicyclic) bond motifs is 4. The summed E-state index contributed by atoms with van der Waals surface area (Å²) in [6.07, 6.45) is 3.47. The van der Waals surface area contributed by atoms with Crippen molar-refractivity contribution in [1.82, 2.24) is 0 Å². The Morgan fingerprint density at radius 2 is 1.68 bits per heavy atom. The van der Waals surface area contributed by atoms with Gasteiger partial charge in [0, 0.05) is 29.2 Å². The van der Waals surface area contributed by atoms with Crippen LogP contribution in [-0.4, -0.2) is 46.6 Å². The molecule has 0 radical (unpaired) electrons. The topological polar surface area (TPSA) is 105 Å². The molecule has 37 heavy (non-hydrogen) atoms. The van der Waals surface area contributed by atoms with Gasteiger partial charge in [0.25, 0.3) is 5.60 Å². The highest BCUT2D eigenvalue weighted by atomic mass is 16.6. The Bertz CT molecular complexity index is 1180. The van der Waals surface area contributed by atoms with Crippen molar-refractivity contribution in [1.29, 1.82) is 0 Å². The summed E-state index contributed by atoms with van der Waals surface area (Å²) in [5.41, 5.74) is -3.44. The van der Waals surface area contributed by atoms with Gasteiger partial charge < -0.3 is 18.9 Å². The molecule has 0 N–H and O–H groups in total. The molecule has 0 aromatic rings. The lowest BCUT2D eigenvalue weighted by Gasteiger charge is -2.65. The molecule has 0 bridgehead atoms. The number of Topliss-reactive ketones (excluding diaryl/α,β-unsaturated/α-hetero) is 1. The standard InChI is InChI=1S/C29H38O8/c1-15-9-10-20-26(7,29(15)14-28(24(33)37-29)23(32)16(2)17(3)35-28)12-11-19-25(5,6)36-22(31)13-21(27(19,20)8)34-18(4)30/h9,19-21H,10-14H2,1-8H3/t19-,20-,21-,26+,27-,28-,29-/m1/s1. The van der Waals surface area contributed by atoms with Crippen LogP contribution in [0.4, 0.5) is 0 Å². The summed E-state index contributed by atoms with van der Waals surface area (Å²) in [5, 5.41) is 0. The molecule has 5 rings (SSSR count). The van der Waals surface area contributed by atoms with Gasteiger partial charge in [0.05, 0.1) is 12.8 Å². The minimum absolute atomic E-state index is 0.0358. The average Bonchev–Trinajstić information content (AvgIpc) is 3.17. The number of esters is 3. The van der Waals surface area contributed by atoms with E-state index < -0.39 is 45.7 Å². The molecule has 0 aromatic carbocycles. The summed E-state index contributed by atoms with van der Waals surface area (Å²) in [4.78, 5) is 52.0. The third kappa shape index (κ3) is 3.13. The Hall–Kier alpha value is -2.64. The molecule has 0 amide bonds. The second-order valence-electron chi connectivity index (χ2n) is 12.8. The first-order chi connectivity index (χ1) is 17.0. The van der Waals surface area contributed by atoms with Crippen LogP contribution in [-0.2, 0) is 38.1 Å². The highest BCUT2D eigenvalue weighted by molar-refractivity contribution is 6.18. The number of cyclic esters (lactones) is 1. The van der Waals surface area contributed by atoms with Gasteiger partial charge in [-0.2, -0.15) is 0 Å². The fraction of sp³-hybridized carbons (Fsp3) is 0.724. The molecule has 0 aromatic heterocycles. The van der Waals surface area contributed by atoms with E-state index in [4.69, 9.17) is 18.9 Å². The van der Waals surface area contributed by atoms with Crippen LogP contribution in [0, 0.1) is 22.7 Å². The Morgan fingerprint density at radius 3 is 2.27 bits per heavy atom. The predicted molar refractivity (Wildman–Crippen MR) is 132 cm³/mol. The van der Waals surface area contributed by atoms with Gasteiger partial charge in [-0.3, -0.25) is 14.4 Å². The molecule has 3 fully saturated rings. The SMILES string of the molecule is CC(=O)O[C@@H]1CC(=O)OC(C)(C)[C@H]2CC[C@@]3(C)[C@@H](CC=C(C)[C@]34C[C@]3(OC(C)=C(C)C3=O)C(=O)O4)[C@@]21C. The van der Waals surface area contributed by atoms with Crippen molar-refractivity contribution >= 4 is 23.7 Å². The Labute approximate surface area is 218 Å². The molecule has 7 atom stereocenters. The Morgan fingerprint density at radius 1 is 1.00 bits per heavy atom. The maximum atomic E-state index is 13.6. The van der Waals surface area contributed by atoms with E-state index >= 15 is 0 Å². The van der Waals surface area contributed by atoms with Crippen LogP contribution in [0.15, 0.2) is 23.0 Å². The smallest absolute Gasteiger partial charge is 0.359 e. The molecule has 2 aliphatic carbocycles. The summed E-state index contributed by atoms with van der Waals surface area (Å²) >= 11 is 0. The van der Waals surface area contributed by atoms with E-state index in [0.717, 1.165) is 5.57 Å². The maximum Gasteiger partial charge on any atom is 0.359 e. The van der Waals surface area contributed by atoms with Gasteiger partial charge in [0.1, 0.15) is 23.1 Å². The molecule has 1 saturated carbocycles. The van der Waals surface area contributed by atoms with E-state index in [1.165, 1.54) is 6.92 Å². The lowest BCUT2D eigenvalue weighted by molar-refractivity contribution is -0.223. The van der Waals surface area contributed by atoms with Gasteiger partial charge in [0.2, 0.25) is 5.78 Å². The molecule has 5 aliphatic rings. The third-order valence-electron chi connectivity index (χ3n) is 10.7. The lowest BCUT2D eigenvalue weighted by atomic mass is 9.41. The van der Waals surface area contributed by atoms with Crippen LogP contribution < -0.4 is 0 Å². The van der Waals surface area contributed by atoms with Crippen LogP contribution in [0.25, 0.3) is 0 Å². The lowest BCUT2D eigenvalue weighted by Crippen LogP contribution is -2.66. The summed E-state index contributed by atoms with van der Waals surface area (Å²) < 4.78 is 24.2. The zero-order chi connectivity index (χ0) is 27.3. The molecule has 8 heteroatoms. The van der Waals surface area contributed by atoms with E-state index in [9.17, 15) is 19.2 Å². The van der Waals surface area contributed by atoms with Crippen molar-refractivity contribution in [3.63, 3.8) is 0 Å². The molecule has 2 spiro atoms. The second kappa shape index (κ2) is 7.70. The van der Waals surface area contributed by atoms with E-state index in [1.807, 2.05) is 20.8 Å². The van der Waals surface area contributed by atoms with Gasteiger partial charge >= 0.3 is 17.9 Å². The van der Waals surface area contributed by atoms with Crippen LogP contribution in [0.5, 0.6) is 0 Å². The predicted octanol–water partition coefficient (Wildman–Crippen LogP) is 4.35. The quantitative estimate of drug-likeness (QED) is 0.220. The van der Waals surface area contributed by atoms with Crippen molar-refractivity contribution in [2.45, 2.75) is 110 Å². The first-order valence-corrected chi connectivity index (χ1v) is 13.3. The maximum absolute atomic E-state index is 13.6. The molecular formula is C29H38O8. The number of hydrogen-bond acceptors (Lipinski definition) is 8. The van der Waals surface area contributed by atoms with Gasteiger partial charge in [-0.05, 0) is 65.4 Å². The molecular weight excluding hydrogens is 476 g/mol. The van der Waals surface area contributed by atoms with Crippen LogP contribution >= 0.6 is 0 Å². The summed E-state index contributed by atoms with van der Waals surface area (Å²) in [6, 6.07) is 0. The number of rotatable bonds is 1. The number of carbonyl (C=O) groups excluding carboxylic acids is 4. The van der Waals surface area contributed by atoms with Crippen LogP contribution in [0.3, 0.4) is 0 Å². The van der Waals surface area contributed by atoms with Gasteiger partial charge in [-0.15, -0.1) is 0 Å². The molecule has 202 valence electrons. The minimum atomic E-state index is -1.68. The normalized spacial score (nSPS) is 44.5. The highest BCUT2D eigenvalue weighted by Gasteiger charge is 2.76. The molecule has 0 unspecified atom stereocenters. The number of ketones is 1. The van der Waals surface area contributed by atoms with Crippen LogP contribution in [0.2, 0.25) is 0 Å². The largest absolute Gasteiger partial charge is 0.471 e. The third-order valence-corrected chi connectivity index (χ3v) is 10.7. The van der Waals surface area contributed by atoms with Gasteiger partial charge in [-0.25, -0.2) is 4.79 Å². The van der Waals surface area contributed by atoms with E-state index in [1.54, 1.807) is 13.8 Å². The van der Waals surface area contributed by atoms with Crippen molar-refractivity contribution in [2.75, 3.05) is 0 Å². The number of carbonyl (C=O) groups is 4. The average molecular weight is 515 g/mol. The molecule has 3 aliphatic heterocycles. The van der Waals surface area contributed by atoms with Gasteiger partial charge in [0.15, 0.2) is 0 Å². The summed E-state index contributed by atoms with van der Waals surface area (Å²) in [5.74, 6) is -1.60. The number of allylic oxidation sites excluding steroid dienone is 2. The first-order valence-electron chi connectivity index (χ1n) is 13.3. The Kier molecular flexibility index (Phi) is 5.41. The monoisotopic (exact) mass is 514 g/mol.